The lowest BCUT2D eigenvalue weighted by Crippen LogP contribution is -2.26. The van der Waals surface area contributed by atoms with Crippen molar-refractivity contribution in [3.63, 3.8) is 0 Å². The van der Waals surface area contributed by atoms with Crippen molar-refractivity contribution in [2.75, 3.05) is 13.1 Å². The summed E-state index contributed by atoms with van der Waals surface area (Å²) < 4.78 is 27.1. The lowest BCUT2D eigenvalue weighted by Gasteiger charge is -2.24. The Labute approximate surface area is 88.5 Å². The fraction of sp³-hybridized carbons (Fsp3) is 0.500. The Kier molecular flexibility index (Phi) is 2.51. The summed E-state index contributed by atoms with van der Waals surface area (Å²) >= 11 is 0. The van der Waals surface area contributed by atoms with E-state index in [-0.39, 0.29) is 17.0 Å². The van der Waals surface area contributed by atoms with E-state index >= 15 is 0 Å². The summed E-state index contributed by atoms with van der Waals surface area (Å²) in [6.45, 7) is 5.13. The van der Waals surface area contributed by atoms with Crippen LogP contribution in [0, 0.1) is 18.6 Å². The predicted molar refractivity (Wildman–Crippen MR) is 55.9 cm³/mol. The van der Waals surface area contributed by atoms with E-state index in [1.165, 1.54) is 12.1 Å². The van der Waals surface area contributed by atoms with Gasteiger partial charge in [0.05, 0.1) is 0 Å². The van der Waals surface area contributed by atoms with Gasteiger partial charge in [-0.05, 0) is 43.1 Å². The first-order valence-corrected chi connectivity index (χ1v) is 5.20. The average molecular weight is 211 g/mol. The fourth-order valence-corrected chi connectivity index (χ4v) is 2.16. The van der Waals surface area contributed by atoms with Crippen molar-refractivity contribution in [1.82, 2.24) is 5.32 Å². The van der Waals surface area contributed by atoms with Crippen molar-refractivity contribution in [3.05, 3.63) is 34.9 Å². The highest BCUT2D eigenvalue weighted by molar-refractivity contribution is 5.32. The number of rotatable bonds is 1. The zero-order valence-electron chi connectivity index (χ0n) is 9.03. The Morgan fingerprint density at radius 2 is 2.00 bits per heavy atom. The number of aryl methyl sites for hydroxylation is 1. The highest BCUT2D eigenvalue weighted by atomic mass is 19.1. The Hall–Kier alpha value is -0.960. The molecule has 0 bridgehead atoms. The van der Waals surface area contributed by atoms with Gasteiger partial charge in [-0.15, -0.1) is 0 Å². The third kappa shape index (κ3) is 1.76. The summed E-state index contributed by atoms with van der Waals surface area (Å²) in [5, 5.41) is 3.18. The molecule has 15 heavy (non-hydrogen) atoms. The monoisotopic (exact) mass is 211 g/mol. The molecule has 0 spiro atoms. The van der Waals surface area contributed by atoms with E-state index in [1.54, 1.807) is 6.92 Å². The zero-order valence-corrected chi connectivity index (χ0v) is 9.03. The third-order valence-electron chi connectivity index (χ3n) is 3.27. The van der Waals surface area contributed by atoms with E-state index < -0.39 is 0 Å². The van der Waals surface area contributed by atoms with E-state index in [0.717, 1.165) is 13.0 Å². The molecule has 1 unspecified atom stereocenters. The largest absolute Gasteiger partial charge is 0.316 e. The van der Waals surface area contributed by atoms with Gasteiger partial charge in [-0.25, -0.2) is 8.78 Å². The Bertz CT molecular complexity index is 381. The lowest BCUT2D eigenvalue weighted by molar-refractivity contribution is 0.474. The molecule has 1 nitrogen and oxygen atoms in total. The van der Waals surface area contributed by atoms with Gasteiger partial charge >= 0.3 is 0 Å². The van der Waals surface area contributed by atoms with Crippen LogP contribution in [-0.2, 0) is 5.41 Å². The van der Waals surface area contributed by atoms with Gasteiger partial charge in [0, 0.05) is 12.0 Å². The van der Waals surface area contributed by atoms with Crippen molar-refractivity contribution in [2.45, 2.75) is 25.7 Å². The number of hydrogen-bond acceptors (Lipinski definition) is 1. The van der Waals surface area contributed by atoms with Gasteiger partial charge in [-0.3, -0.25) is 0 Å². The highest BCUT2D eigenvalue weighted by Gasteiger charge is 2.33. The van der Waals surface area contributed by atoms with Crippen molar-refractivity contribution in [2.24, 2.45) is 0 Å². The molecule has 0 amide bonds. The van der Waals surface area contributed by atoms with Gasteiger partial charge in [0.2, 0.25) is 0 Å². The molecule has 0 radical (unpaired) electrons. The van der Waals surface area contributed by atoms with Gasteiger partial charge < -0.3 is 5.32 Å². The van der Waals surface area contributed by atoms with Crippen molar-refractivity contribution in [3.8, 4) is 0 Å². The lowest BCUT2D eigenvalue weighted by atomic mass is 9.81. The Balaban J connectivity index is 2.48. The molecule has 1 N–H and O–H groups in total. The molecule has 0 aliphatic carbocycles. The van der Waals surface area contributed by atoms with Crippen LogP contribution in [-0.4, -0.2) is 13.1 Å². The standard InChI is InChI=1S/C12H15F2N/c1-8-5-11(14)9(6-10(8)13)12(2)3-4-15-7-12/h5-6,15H,3-4,7H2,1-2H3. The molecule has 1 heterocycles. The minimum atomic E-state index is -0.320. The van der Waals surface area contributed by atoms with Crippen LogP contribution in [0.15, 0.2) is 12.1 Å². The molecule has 3 heteroatoms. The smallest absolute Gasteiger partial charge is 0.127 e. The maximum atomic E-state index is 13.7. The van der Waals surface area contributed by atoms with E-state index in [4.69, 9.17) is 0 Å². The molecule has 1 aliphatic rings. The number of halogens is 2. The predicted octanol–water partition coefficient (Wildman–Crippen LogP) is 2.52. The van der Waals surface area contributed by atoms with Crippen LogP contribution in [0.2, 0.25) is 0 Å². The minimum Gasteiger partial charge on any atom is -0.316 e. The molecule has 1 aromatic rings. The second-order valence-electron chi connectivity index (χ2n) is 4.57. The van der Waals surface area contributed by atoms with Gasteiger partial charge in [0.1, 0.15) is 11.6 Å². The van der Waals surface area contributed by atoms with Crippen LogP contribution in [0.25, 0.3) is 0 Å². The number of hydrogen-bond donors (Lipinski definition) is 1. The molecule has 0 aromatic heterocycles. The van der Waals surface area contributed by atoms with E-state index in [1.807, 2.05) is 6.92 Å². The van der Waals surface area contributed by atoms with Crippen LogP contribution < -0.4 is 5.32 Å². The topological polar surface area (TPSA) is 12.0 Å². The molecule has 82 valence electrons. The van der Waals surface area contributed by atoms with Gasteiger partial charge in [-0.1, -0.05) is 6.92 Å². The van der Waals surface area contributed by atoms with E-state index in [0.29, 0.717) is 17.7 Å². The van der Waals surface area contributed by atoms with Gasteiger partial charge in [-0.2, -0.15) is 0 Å². The normalized spacial score (nSPS) is 25.9. The molecule has 1 aliphatic heterocycles. The van der Waals surface area contributed by atoms with Crippen molar-refractivity contribution >= 4 is 0 Å². The maximum absolute atomic E-state index is 13.7. The highest BCUT2D eigenvalue weighted by Crippen LogP contribution is 2.33. The third-order valence-corrected chi connectivity index (χ3v) is 3.27. The fourth-order valence-electron chi connectivity index (χ4n) is 2.16. The summed E-state index contributed by atoms with van der Waals surface area (Å²) in [7, 11) is 0. The Morgan fingerprint density at radius 1 is 1.27 bits per heavy atom. The molecule has 0 saturated carbocycles. The van der Waals surface area contributed by atoms with Gasteiger partial charge in [0.25, 0.3) is 0 Å². The van der Waals surface area contributed by atoms with Crippen molar-refractivity contribution < 1.29 is 8.78 Å². The molecule has 1 aromatic carbocycles. The van der Waals surface area contributed by atoms with Crippen molar-refractivity contribution in [1.29, 1.82) is 0 Å². The molecule has 1 saturated heterocycles. The molecule has 1 atom stereocenters. The molecular formula is C12H15F2N. The maximum Gasteiger partial charge on any atom is 0.127 e. The van der Waals surface area contributed by atoms with Crippen LogP contribution in [0.5, 0.6) is 0 Å². The summed E-state index contributed by atoms with van der Waals surface area (Å²) in [5.41, 5.74) is 0.597. The first-order valence-electron chi connectivity index (χ1n) is 5.20. The van der Waals surface area contributed by atoms with Crippen LogP contribution in [0.1, 0.15) is 24.5 Å². The van der Waals surface area contributed by atoms with E-state index in [2.05, 4.69) is 5.32 Å². The van der Waals surface area contributed by atoms with Crippen LogP contribution >= 0.6 is 0 Å². The summed E-state index contributed by atoms with van der Waals surface area (Å²) in [4.78, 5) is 0. The quantitative estimate of drug-likeness (QED) is 0.752. The van der Waals surface area contributed by atoms with E-state index in [9.17, 15) is 8.78 Å². The van der Waals surface area contributed by atoms with Crippen LogP contribution in [0.4, 0.5) is 8.78 Å². The average Bonchev–Trinajstić information content (AvgIpc) is 2.60. The number of benzene rings is 1. The first-order chi connectivity index (χ1) is 7.03. The SMILES string of the molecule is Cc1cc(F)c(C2(C)CCNC2)cc1F. The molecule has 1 fully saturated rings. The summed E-state index contributed by atoms with van der Waals surface area (Å²) in [6, 6.07) is 2.63. The zero-order chi connectivity index (χ0) is 11.1. The first kappa shape index (κ1) is 10.6. The number of nitrogens with one attached hydrogen (secondary N) is 1. The van der Waals surface area contributed by atoms with Crippen LogP contribution in [0.3, 0.4) is 0 Å². The summed E-state index contributed by atoms with van der Waals surface area (Å²) in [5.74, 6) is -0.611. The second-order valence-corrected chi connectivity index (χ2v) is 4.57. The molecular weight excluding hydrogens is 196 g/mol. The second kappa shape index (κ2) is 3.56. The Morgan fingerprint density at radius 3 is 2.60 bits per heavy atom. The minimum absolute atomic E-state index is 0.265. The molecule has 2 rings (SSSR count). The summed E-state index contributed by atoms with van der Waals surface area (Å²) in [6.07, 6.45) is 0.854. The van der Waals surface area contributed by atoms with Gasteiger partial charge in [0.15, 0.2) is 0 Å².